The Kier molecular flexibility index (Phi) is 7.20. The fourth-order valence-corrected chi connectivity index (χ4v) is 3.75. The van der Waals surface area contributed by atoms with E-state index in [2.05, 4.69) is 59.6 Å². The van der Waals surface area contributed by atoms with Gasteiger partial charge in [-0.05, 0) is 66.9 Å². The van der Waals surface area contributed by atoms with Gasteiger partial charge in [-0.25, -0.2) is 0 Å². The monoisotopic (exact) mass is 472 g/mol. The van der Waals surface area contributed by atoms with Crippen LogP contribution in [0.25, 0.3) is 0 Å². The average Bonchev–Trinajstić information content (AvgIpc) is 3.12. The van der Waals surface area contributed by atoms with Crippen LogP contribution in [-0.2, 0) is 13.1 Å². The Labute approximate surface area is 186 Å². The number of carbonyl (C=O) groups is 1. The highest BCUT2D eigenvalue weighted by Crippen LogP contribution is 2.21. The molecule has 0 saturated carbocycles. The van der Waals surface area contributed by atoms with E-state index in [4.69, 9.17) is 11.6 Å². The molecule has 1 aromatic heterocycles. The molecule has 0 aliphatic rings. The van der Waals surface area contributed by atoms with Crippen LogP contribution in [-0.4, -0.2) is 21.4 Å². The first-order valence-electron chi connectivity index (χ1n) is 9.80. The Bertz CT molecular complexity index is 965. The summed E-state index contributed by atoms with van der Waals surface area (Å²) >= 11 is 9.58. The highest BCUT2D eigenvalue weighted by atomic mass is 79.9. The second-order valence-corrected chi connectivity index (χ2v) is 9.03. The minimum Gasteiger partial charge on any atom is -0.345 e. The van der Waals surface area contributed by atoms with Gasteiger partial charge in [-0.2, -0.15) is 0 Å². The molecule has 3 aromatic rings. The summed E-state index contributed by atoms with van der Waals surface area (Å²) in [6, 6.07) is 19.7. The Morgan fingerprint density at radius 3 is 2.45 bits per heavy atom. The lowest BCUT2D eigenvalue weighted by atomic mass is 10.0. The van der Waals surface area contributed by atoms with Crippen LogP contribution >= 0.6 is 27.5 Å². The van der Waals surface area contributed by atoms with Crippen molar-refractivity contribution in [3.05, 3.63) is 93.2 Å². The van der Waals surface area contributed by atoms with Crippen LogP contribution in [0.15, 0.2) is 71.3 Å². The van der Waals surface area contributed by atoms with Crippen molar-refractivity contribution < 1.29 is 4.79 Å². The van der Waals surface area contributed by atoms with Gasteiger partial charge in [-0.15, -0.1) is 0 Å². The zero-order chi connectivity index (χ0) is 21.0. The standard InChI is InChI=1S/C24H26BrClN2O/c1-17(2)18(3)28(24(29)20-9-11-21(25)12-10-20)16-23-8-5-13-27(23)15-19-6-4-7-22(26)14-19/h4-14,17-18H,15-16H2,1-3H3. The molecule has 0 fully saturated rings. The van der Waals surface area contributed by atoms with Gasteiger partial charge < -0.3 is 9.47 Å². The molecule has 1 unspecified atom stereocenters. The SMILES string of the molecule is CC(C)C(C)N(Cc1cccn1Cc1cccc(Cl)c1)C(=O)c1ccc(Br)cc1. The van der Waals surface area contributed by atoms with E-state index in [0.29, 0.717) is 18.0 Å². The predicted octanol–water partition coefficient (Wildman–Crippen LogP) is 6.64. The van der Waals surface area contributed by atoms with Gasteiger partial charge in [0.2, 0.25) is 0 Å². The average molecular weight is 474 g/mol. The molecule has 1 amide bonds. The van der Waals surface area contributed by atoms with E-state index < -0.39 is 0 Å². The molecule has 0 aliphatic carbocycles. The summed E-state index contributed by atoms with van der Waals surface area (Å²) in [4.78, 5) is 15.3. The number of nitrogens with zero attached hydrogens (tertiary/aromatic N) is 2. The van der Waals surface area contributed by atoms with Gasteiger partial charge in [0.05, 0.1) is 6.54 Å². The van der Waals surface area contributed by atoms with E-state index >= 15 is 0 Å². The van der Waals surface area contributed by atoms with Crippen LogP contribution in [0.3, 0.4) is 0 Å². The number of halogens is 2. The van der Waals surface area contributed by atoms with Crippen molar-refractivity contribution in [1.29, 1.82) is 0 Å². The summed E-state index contributed by atoms with van der Waals surface area (Å²) in [5.74, 6) is 0.403. The van der Waals surface area contributed by atoms with Gasteiger partial charge in [0.15, 0.2) is 0 Å². The maximum atomic E-state index is 13.3. The quantitative estimate of drug-likeness (QED) is 0.377. The van der Waals surface area contributed by atoms with Gasteiger partial charge in [0.1, 0.15) is 0 Å². The van der Waals surface area contributed by atoms with Crippen molar-refractivity contribution in [3.8, 4) is 0 Å². The summed E-state index contributed by atoms with van der Waals surface area (Å²) in [6.45, 7) is 7.70. The summed E-state index contributed by atoms with van der Waals surface area (Å²) < 4.78 is 3.15. The molecule has 1 heterocycles. The van der Waals surface area contributed by atoms with E-state index in [1.54, 1.807) is 0 Å². The number of hydrogen-bond acceptors (Lipinski definition) is 1. The van der Waals surface area contributed by atoms with Crippen LogP contribution < -0.4 is 0 Å². The maximum Gasteiger partial charge on any atom is 0.254 e. The van der Waals surface area contributed by atoms with E-state index in [-0.39, 0.29) is 11.9 Å². The van der Waals surface area contributed by atoms with Gasteiger partial charge in [-0.1, -0.05) is 53.5 Å². The van der Waals surface area contributed by atoms with Crippen molar-refractivity contribution >= 4 is 33.4 Å². The second kappa shape index (κ2) is 9.64. The topological polar surface area (TPSA) is 25.2 Å². The van der Waals surface area contributed by atoms with E-state index in [1.165, 1.54) is 0 Å². The normalized spacial score (nSPS) is 12.2. The molecule has 3 nitrogen and oxygen atoms in total. The first kappa shape index (κ1) is 21.7. The number of aromatic nitrogens is 1. The highest BCUT2D eigenvalue weighted by molar-refractivity contribution is 9.10. The van der Waals surface area contributed by atoms with Gasteiger partial charge in [-0.3, -0.25) is 4.79 Å². The molecule has 0 saturated heterocycles. The van der Waals surface area contributed by atoms with Gasteiger partial charge in [0.25, 0.3) is 5.91 Å². The molecule has 152 valence electrons. The van der Waals surface area contributed by atoms with Crippen LogP contribution in [0.2, 0.25) is 5.02 Å². The van der Waals surface area contributed by atoms with Crippen LogP contribution in [0.5, 0.6) is 0 Å². The van der Waals surface area contributed by atoms with Gasteiger partial charge in [0, 0.05) is 39.5 Å². The van der Waals surface area contributed by atoms with E-state index in [1.807, 2.05) is 53.4 Å². The van der Waals surface area contributed by atoms with Crippen LogP contribution in [0.4, 0.5) is 0 Å². The first-order chi connectivity index (χ1) is 13.8. The molecule has 3 rings (SSSR count). The largest absolute Gasteiger partial charge is 0.345 e. The molecule has 0 N–H and O–H groups in total. The molecule has 0 spiro atoms. The Morgan fingerprint density at radius 1 is 1.07 bits per heavy atom. The lowest BCUT2D eigenvalue weighted by Gasteiger charge is -2.32. The fraction of sp³-hybridized carbons (Fsp3) is 0.292. The summed E-state index contributed by atoms with van der Waals surface area (Å²) in [5.41, 5.74) is 2.94. The van der Waals surface area contributed by atoms with E-state index in [0.717, 1.165) is 27.3 Å². The van der Waals surface area contributed by atoms with Crippen molar-refractivity contribution in [3.63, 3.8) is 0 Å². The van der Waals surface area contributed by atoms with E-state index in [9.17, 15) is 4.79 Å². The zero-order valence-electron chi connectivity index (χ0n) is 17.0. The van der Waals surface area contributed by atoms with Crippen molar-refractivity contribution in [1.82, 2.24) is 9.47 Å². The molecule has 0 aliphatic heterocycles. The van der Waals surface area contributed by atoms with Crippen molar-refractivity contribution in [2.24, 2.45) is 5.92 Å². The number of rotatable bonds is 7. The third-order valence-corrected chi connectivity index (χ3v) is 6.07. The maximum absolute atomic E-state index is 13.3. The van der Waals surface area contributed by atoms with Gasteiger partial charge >= 0.3 is 0 Å². The second-order valence-electron chi connectivity index (χ2n) is 7.68. The Morgan fingerprint density at radius 2 is 1.79 bits per heavy atom. The molecule has 0 radical (unpaired) electrons. The summed E-state index contributed by atoms with van der Waals surface area (Å²) in [6.07, 6.45) is 2.05. The third kappa shape index (κ3) is 5.52. The third-order valence-electron chi connectivity index (χ3n) is 5.31. The number of carbonyl (C=O) groups excluding carboxylic acids is 1. The molecular formula is C24H26BrClN2O. The first-order valence-corrected chi connectivity index (χ1v) is 11.0. The summed E-state index contributed by atoms with van der Waals surface area (Å²) in [5, 5.41) is 0.733. The van der Waals surface area contributed by atoms with Crippen LogP contribution in [0, 0.1) is 5.92 Å². The molecular weight excluding hydrogens is 448 g/mol. The predicted molar refractivity (Wildman–Crippen MR) is 123 cm³/mol. The zero-order valence-corrected chi connectivity index (χ0v) is 19.3. The fourth-order valence-electron chi connectivity index (χ4n) is 3.27. The Hall–Kier alpha value is -2.04. The van der Waals surface area contributed by atoms with Crippen molar-refractivity contribution in [2.75, 3.05) is 0 Å². The smallest absolute Gasteiger partial charge is 0.254 e. The summed E-state index contributed by atoms with van der Waals surface area (Å²) in [7, 11) is 0. The van der Waals surface area contributed by atoms with Crippen molar-refractivity contribution in [2.45, 2.75) is 39.9 Å². The highest BCUT2D eigenvalue weighted by Gasteiger charge is 2.25. The molecule has 2 aromatic carbocycles. The lowest BCUT2D eigenvalue weighted by Crippen LogP contribution is -2.41. The Balaban J connectivity index is 1.86. The minimum absolute atomic E-state index is 0.0502. The molecule has 29 heavy (non-hydrogen) atoms. The number of hydrogen-bond donors (Lipinski definition) is 0. The number of benzene rings is 2. The minimum atomic E-state index is 0.0502. The molecule has 5 heteroatoms. The molecule has 1 atom stereocenters. The number of amides is 1. The molecule has 0 bridgehead atoms. The lowest BCUT2D eigenvalue weighted by molar-refractivity contribution is 0.0622. The van der Waals surface area contributed by atoms with Crippen LogP contribution in [0.1, 0.15) is 42.4 Å².